The minimum Gasteiger partial charge on any atom is -0.379 e. The molecule has 0 saturated heterocycles. The van der Waals surface area contributed by atoms with Gasteiger partial charge in [-0.25, -0.2) is 0 Å². The highest BCUT2D eigenvalue weighted by atomic mass is 79.9. The van der Waals surface area contributed by atoms with Crippen molar-refractivity contribution in [3.63, 3.8) is 0 Å². The van der Waals surface area contributed by atoms with Crippen molar-refractivity contribution in [2.75, 3.05) is 24.3 Å². The van der Waals surface area contributed by atoms with E-state index in [9.17, 15) is 0 Å². The molecule has 0 radical (unpaired) electrons. The van der Waals surface area contributed by atoms with Crippen LogP contribution in [0.25, 0.3) is 0 Å². The summed E-state index contributed by atoms with van der Waals surface area (Å²) in [5.41, 5.74) is 4.75. The first-order chi connectivity index (χ1) is 9.08. The standard InChI is InChI=1S/C15H18BrN3/c1-11-6-7-17-9-12(11)10-18-14-8-13(16)4-5-15(14)19(2)3/h4-9,18H,10H2,1-3H3. The quantitative estimate of drug-likeness (QED) is 0.928. The largest absolute Gasteiger partial charge is 0.379 e. The van der Waals surface area contributed by atoms with Gasteiger partial charge in [-0.15, -0.1) is 0 Å². The zero-order chi connectivity index (χ0) is 13.8. The molecule has 4 heteroatoms. The van der Waals surface area contributed by atoms with Gasteiger partial charge >= 0.3 is 0 Å². The number of pyridine rings is 1. The summed E-state index contributed by atoms with van der Waals surface area (Å²) >= 11 is 3.52. The summed E-state index contributed by atoms with van der Waals surface area (Å²) in [6.45, 7) is 2.88. The molecular weight excluding hydrogens is 302 g/mol. The van der Waals surface area contributed by atoms with Gasteiger partial charge in [0.1, 0.15) is 0 Å². The summed E-state index contributed by atoms with van der Waals surface area (Å²) in [6.07, 6.45) is 3.73. The van der Waals surface area contributed by atoms with Crippen LogP contribution in [-0.4, -0.2) is 19.1 Å². The second kappa shape index (κ2) is 6.06. The number of rotatable bonds is 4. The van der Waals surface area contributed by atoms with Gasteiger partial charge in [-0.1, -0.05) is 15.9 Å². The maximum absolute atomic E-state index is 4.17. The van der Waals surface area contributed by atoms with E-state index in [2.05, 4.69) is 56.3 Å². The monoisotopic (exact) mass is 319 g/mol. The van der Waals surface area contributed by atoms with Crippen LogP contribution in [0.2, 0.25) is 0 Å². The van der Waals surface area contributed by atoms with Crippen molar-refractivity contribution < 1.29 is 0 Å². The zero-order valence-corrected chi connectivity index (χ0v) is 13.0. The molecule has 3 nitrogen and oxygen atoms in total. The van der Waals surface area contributed by atoms with Gasteiger partial charge in [0.15, 0.2) is 0 Å². The number of anilines is 2. The van der Waals surface area contributed by atoms with E-state index in [1.165, 1.54) is 16.8 Å². The van der Waals surface area contributed by atoms with Crippen LogP contribution in [0.4, 0.5) is 11.4 Å². The number of hydrogen-bond donors (Lipinski definition) is 1. The lowest BCUT2D eigenvalue weighted by atomic mass is 10.1. The van der Waals surface area contributed by atoms with Crippen LogP contribution in [-0.2, 0) is 6.54 Å². The van der Waals surface area contributed by atoms with E-state index in [1.54, 1.807) is 0 Å². The van der Waals surface area contributed by atoms with Crippen molar-refractivity contribution in [1.82, 2.24) is 4.98 Å². The van der Waals surface area contributed by atoms with Crippen molar-refractivity contribution in [1.29, 1.82) is 0 Å². The number of hydrogen-bond acceptors (Lipinski definition) is 3. The fraction of sp³-hybridized carbons (Fsp3) is 0.267. The van der Waals surface area contributed by atoms with Crippen molar-refractivity contribution >= 4 is 27.3 Å². The van der Waals surface area contributed by atoms with E-state index in [-0.39, 0.29) is 0 Å². The van der Waals surface area contributed by atoms with Crippen molar-refractivity contribution in [3.8, 4) is 0 Å². The summed E-state index contributed by atoms with van der Waals surface area (Å²) < 4.78 is 1.07. The predicted molar refractivity (Wildman–Crippen MR) is 84.8 cm³/mol. The molecule has 0 saturated carbocycles. The van der Waals surface area contributed by atoms with Crippen molar-refractivity contribution in [3.05, 3.63) is 52.3 Å². The Morgan fingerprint density at radius 1 is 1.26 bits per heavy atom. The SMILES string of the molecule is Cc1ccncc1CNc1cc(Br)ccc1N(C)C. The zero-order valence-electron chi connectivity index (χ0n) is 11.4. The van der Waals surface area contributed by atoms with Gasteiger partial charge in [-0.2, -0.15) is 0 Å². The Hall–Kier alpha value is -1.55. The minimum atomic E-state index is 0.775. The molecule has 2 aromatic rings. The van der Waals surface area contributed by atoms with Crippen molar-refractivity contribution in [2.24, 2.45) is 0 Å². The van der Waals surface area contributed by atoms with Gasteiger partial charge in [0.05, 0.1) is 11.4 Å². The van der Waals surface area contributed by atoms with E-state index in [0.29, 0.717) is 0 Å². The van der Waals surface area contributed by atoms with Gasteiger partial charge in [0.25, 0.3) is 0 Å². The first-order valence-corrected chi connectivity index (χ1v) is 6.97. The first kappa shape index (κ1) is 13.9. The molecule has 0 aliphatic carbocycles. The maximum atomic E-state index is 4.17. The Labute approximate surface area is 122 Å². The molecule has 1 aromatic carbocycles. The normalized spacial score (nSPS) is 10.3. The molecule has 0 fully saturated rings. The molecule has 2 rings (SSSR count). The third-order valence-corrected chi connectivity index (χ3v) is 3.55. The summed E-state index contributed by atoms with van der Waals surface area (Å²) in [6, 6.07) is 8.28. The third-order valence-electron chi connectivity index (χ3n) is 3.06. The highest BCUT2D eigenvalue weighted by Crippen LogP contribution is 2.28. The molecule has 0 aliphatic heterocycles. The number of benzene rings is 1. The lowest BCUT2D eigenvalue weighted by Crippen LogP contribution is -2.12. The number of nitrogens with zero attached hydrogens (tertiary/aromatic N) is 2. The van der Waals surface area contributed by atoms with Crippen LogP contribution >= 0.6 is 15.9 Å². The second-order valence-corrected chi connectivity index (χ2v) is 5.63. The number of halogens is 1. The summed E-state index contributed by atoms with van der Waals surface area (Å²) in [5.74, 6) is 0. The molecular formula is C15H18BrN3. The van der Waals surface area contributed by atoms with E-state index in [4.69, 9.17) is 0 Å². The molecule has 1 heterocycles. The molecule has 1 N–H and O–H groups in total. The van der Waals surface area contributed by atoms with Crippen LogP contribution in [0.5, 0.6) is 0 Å². The van der Waals surface area contributed by atoms with Gasteiger partial charge in [-0.3, -0.25) is 4.98 Å². The number of aromatic nitrogens is 1. The molecule has 0 atom stereocenters. The van der Waals surface area contributed by atoms with Gasteiger partial charge < -0.3 is 10.2 Å². The molecule has 0 unspecified atom stereocenters. The van der Waals surface area contributed by atoms with E-state index in [1.807, 2.05) is 32.6 Å². The summed E-state index contributed by atoms with van der Waals surface area (Å²) in [4.78, 5) is 6.28. The Morgan fingerprint density at radius 3 is 2.74 bits per heavy atom. The van der Waals surface area contributed by atoms with Crippen molar-refractivity contribution in [2.45, 2.75) is 13.5 Å². The van der Waals surface area contributed by atoms with Crippen LogP contribution < -0.4 is 10.2 Å². The van der Waals surface area contributed by atoms with Crippen LogP contribution in [0.15, 0.2) is 41.1 Å². The molecule has 19 heavy (non-hydrogen) atoms. The lowest BCUT2D eigenvalue weighted by molar-refractivity contribution is 1.07. The van der Waals surface area contributed by atoms with E-state index >= 15 is 0 Å². The Balaban J connectivity index is 2.19. The van der Waals surface area contributed by atoms with Crippen LogP contribution in [0.3, 0.4) is 0 Å². The van der Waals surface area contributed by atoms with Gasteiger partial charge in [-0.05, 0) is 42.3 Å². The van der Waals surface area contributed by atoms with E-state index < -0.39 is 0 Å². The Morgan fingerprint density at radius 2 is 2.05 bits per heavy atom. The average Bonchev–Trinajstić information content (AvgIpc) is 2.37. The fourth-order valence-electron chi connectivity index (χ4n) is 1.91. The summed E-state index contributed by atoms with van der Waals surface area (Å²) in [5, 5.41) is 3.48. The van der Waals surface area contributed by atoms with Gasteiger partial charge in [0.2, 0.25) is 0 Å². The first-order valence-electron chi connectivity index (χ1n) is 6.18. The third kappa shape index (κ3) is 3.47. The summed E-state index contributed by atoms with van der Waals surface area (Å²) in [7, 11) is 4.09. The predicted octanol–water partition coefficient (Wildman–Crippen LogP) is 3.83. The van der Waals surface area contributed by atoms with Crippen LogP contribution in [0.1, 0.15) is 11.1 Å². The molecule has 1 aromatic heterocycles. The van der Waals surface area contributed by atoms with Crippen LogP contribution in [0, 0.1) is 6.92 Å². The molecule has 0 spiro atoms. The second-order valence-electron chi connectivity index (χ2n) is 4.71. The minimum absolute atomic E-state index is 0.775. The fourth-order valence-corrected chi connectivity index (χ4v) is 2.27. The number of aryl methyl sites for hydroxylation is 1. The number of nitrogens with one attached hydrogen (secondary N) is 1. The topological polar surface area (TPSA) is 28.2 Å². The van der Waals surface area contributed by atoms with E-state index in [0.717, 1.165) is 16.7 Å². The molecule has 0 amide bonds. The van der Waals surface area contributed by atoms with Gasteiger partial charge in [0, 0.05) is 37.5 Å². The maximum Gasteiger partial charge on any atom is 0.0597 e. The highest BCUT2D eigenvalue weighted by Gasteiger charge is 2.06. The molecule has 0 bridgehead atoms. The Kier molecular flexibility index (Phi) is 4.43. The lowest BCUT2D eigenvalue weighted by Gasteiger charge is -2.19. The molecule has 0 aliphatic rings. The highest BCUT2D eigenvalue weighted by molar-refractivity contribution is 9.10. The smallest absolute Gasteiger partial charge is 0.0597 e. The molecule has 100 valence electrons. The average molecular weight is 320 g/mol. The Bertz CT molecular complexity index is 567.